The Balaban J connectivity index is 1.79. The Hall–Kier alpha value is -2.94. The van der Waals surface area contributed by atoms with Crippen LogP contribution in [0.4, 0.5) is 11.6 Å². The highest BCUT2D eigenvalue weighted by molar-refractivity contribution is 9.10. The SMILES string of the molecule is CCOC(=O)C(C)Oc1ccc(N(C)c2nc3ccc(Br)cc3[n+]([O-])n2)cc1. The van der Waals surface area contributed by atoms with E-state index in [1.165, 1.54) is 0 Å². The van der Waals surface area contributed by atoms with Gasteiger partial charge in [-0.15, -0.1) is 0 Å². The lowest BCUT2D eigenvalue weighted by molar-refractivity contribution is -0.641. The fourth-order valence-electron chi connectivity index (χ4n) is 2.53. The maximum Gasteiger partial charge on any atom is 0.347 e. The van der Waals surface area contributed by atoms with Crippen LogP contribution in [-0.2, 0) is 9.53 Å². The summed E-state index contributed by atoms with van der Waals surface area (Å²) in [6.45, 7) is 3.68. The number of carbonyl (C=O) groups excluding carboxylic acids is 1. The lowest BCUT2D eigenvalue weighted by Gasteiger charge is -2.17. The van der Waals surface area contributed by atoms with E-state index in [4.69, 9.17) is 9.47 Å². The van der Waals surface area contributed by atoms with Gasteiger partial charge in [-0.1, -0.05) is 15.9 Å². The molecule has 0 saturated heterocycles. The van der Waals surface area contributed by atoms with Crippen LogP contribution in [0.1, 0.15) is 13.8 Å². The van der Waals surface area contributed by atoms with E-state index in [0.29, 0.717) is 28.2 Å². The van der Waals surface area contributed by atoms with Gasteiger partial charge in [-0.2, -0.15) is 0 Å². The smallest absolute Gasteiger partial charge is 0.347 e. The Bertz CT molecular complexity index is 997. The lowest BCUT2D eigenvalue weighted by Crippen LogP contribution is -2.34. The van der Waals surface area contributed by atoms with E-state index in [9.17, 15) is 10.0 Å². The Morgan fingerprint density at radius 1 is 1.29 bits per heavy atom. The van der Waals surface area contributed by atoms with Gasteiger partial charge in [0, 0.05) is 23.3 Å². The van der Waals surface area contributed by atoms with Gasteiger partial charge in [0.2, 0.25) is 0 Å². The monoisotopic (exact) mass is 446 g/mol. The number of nitrogens with zero attached hydrogens (tertiary/aromatic N) is 4. The molecule has 0 radical (unpaired) electrons. The summed E-state index contributed by atoms with van der Waals surface area (Å²) in [4.78, 5) is 18.4. The van der Waals surface area contributed by atoms with Crippen molar-refractivity contribution in [1.82, 2.24) is 10.1 Å². The van der Waals surface area contributed by atoms with Crippen molar-refractivity contribution in [2.75, 3.05) is 18.6 Å². The van der Waals surface area contributed by atoms with Crippen LogP contribution >= 0.6 is 15.9 Å². The highest BCUT2D eigenvalue weighted by atomic mass is 79.9. The van der Waals surface area contributed by atoms with Gasteiger partial charge < -0.3 is 19.6 Å². The van der Waals surface area contributed by atoms with E-state index in [0.717, 1.165) is 10.2 Å². The topological polar surface area (TPSA) is 91.5 Å². The Morgan fingerprint density at radius 2 is 2.00 bits per heavy atom. The van der Waals surface area contributed by atoms with Crippen molar-refractivity contribution < 1.29 is 19.1 Å². The summed E-state index contributed by atoms with van der Waals surface area (Å²) in [7, 11) is 1.76. The van der Waals surface area contributed by atoms with Crippen LogP contribution in [0.3, 0.4) is 0 Å². The fraction of sp³-hybridized carbons (Fsp3) is 0.263. The van der Waals surface area contributed by atoms with E-state index in [1.807, 2.05) is 6.07 Å². The van der Waals surface area contributed by atoms with Crippen molar-refractivity contribution in [3.8, 4) is 5.75 Å². The third-order valence-corrected chi connectivity index (χ3v) is 4.49. The molecule has 0 amide bonds. The average molecular weight is 447 g/mol. The quantitative estimate of drug-likeness (QED) is 0.326. The number of hydrogen-bond donors (Lipinski definition) is 0. The van der Waals surface area contributed by atoms with Crippen LogP contribution in [-0.4, -0.2) is 35.8 Å². The summed E-state index contributed by atoms with van der Waals surface area (Å²) in [6, 6.07) is 12.3. The molecule has 0 aliphatic heterocycles. The molecule has 3 rings (SSSR count). The van der Waals surface area contributed by atoms with Crippen LogP contribution in [0.25, 0.3) is 11.0 Å². The highest BCUT2D eigenvalue weighted by Crippen LogP contribution is 2.24. The fourth-order valence-corrected chi connectivity index (χ4v) is 2.88. The van der Waals surface area contributed by atoms with Gasteiger partial charge in [0.25, 0.3) is 11.5 Å². The number of esters is 1. The van der Waals surface area contributed by atoms with Crippen molar-refractivity contribution in [2.45, 2.75) is 20.0 Å². The van der Waals surface area contributed by atoms with Gasteiger partial charge >= 0.3 is 5.97 Å². The summed E-state index contributed by atoms with van der Waals surface area (Å²) < 4.78 is 11.3. The van der Waals surface area contributed by atoms with Gasteiger partial charge in [-0.05, 0) is 55.1 Å². The number of benzene rings is 2. The molecular weight excluding hydrogens is 428 g/mol. The number of fused-ring (bicyclic) bond motifs is 1. The molecular formula is C19H19BrN4O4. The molecule has 0 spiro atoms. The van der Waals surface area contributed by atoms with E-state index < -0.39 is 12.1 Å². The largest absolute Gasteiger partial charge is 0.594 e. The lowest BCUT2D eigenvalue weighted by atomic mass is 10.3. The minimum absolute atomic E-state index is 0.262. The Morgan fingerprint density at radius 3 is 2.68 bits per heavy atom. The summed E-state index contributed by atoms with van der Waals surface area (Å²) in [5.74, 6) is 0.374. The molecule has 1 unspecified atom stereocenters. The zero-order valence-corrected chi connectivity index (χ0v) is 17.2. The van der Waals surface area contributed by atoms with Crippen molar-refractivity contribution in [3.63, 3.8) is 0 Å². The third kappa shape index (κ3) is 4.30. The number of aromatic nitrogens is 3. The van der Waals surface area contributed by atoms with Crippen LogP contribution in [0.5, 0.6) is 5.75 Å². The first-order chi connectivity index (χ1) is 13.4. The van der Waals surface area contributed by atoms with Gasteiger partial charge in [-0.3, -0.25) is 0 Å². The normalized spacial score (nSPS) is 11.9. The zero-order chi connectivity index (χ0) is 20.3. The van der Waals surface area contributed by atoms with Gasteiger partial charge in [0.15, 0.2) is 6.10 Å². The number of rotatable bonds is 6. The molecule has 0 saturated carbocycles. The molecule has 9 heteroatoms. The molecule has 0 aliphatic rings. The molecule has 146 valence electrons. The molecule has 0 aliphatic carbocycles. The molecule has 0 fully saturated rings. The van der Waals surface area contributed by atoms with Gasteiger partial charge in [0.1, 0.15) is 11.3 Å². The first-order valence-corrected chi connectivity index (χ1v) is 9.42. The second-order valence-corrected chi connectivity index (χ2v) is 6.90. The summed E-state index contributed by atoms with van der Waals surface area (Å²) in [6.07, 6.45) is -0.703. The summed E-state index contributed by atoms with van der Waals surface area (Å²) >= 11 is 3.33. The predicted molar refractivity (Wildman–Crippen MR) is 107 cm³/mol. The number of carbonyl (C=O) groups is 1. The molecule has 1 atom stereocenters. The van der Waals surface area contributed by atoms with E-state index >= 15 is 0 Å². The second kappa shape index (κ2) is 8.39. The Kier molecular flexibility index (Phi) is 5.93. The van der Waals surface area contributed by atoms with Crippen molar-refractivity contribution in [3.05, 3.63) is 52.1 Å². The van der Waals surface area contributed by atoms with Gasteiger partial charge in [0.05, 0.1) is 11.7 Å². The van der Waals surface area contributed by atoms with Crippen LogP contribution in [0, 0.1) is 5.21 Å². The molecule has 8 nitrogen and oxygen atoms in total. The predicted octanol–water partition coefficient (Wildman–Crippen LogP) is 3.12. The second-order valence-electron chi connectivity index (χ2n) is 5.98. The van der Waals surface area contributed by atoms with E-state index in [2.05, 4.69) is 26.0 Å². The molecule has 0 bridgehead atoms. The molecule has 1 heterocycles. The first kappa shape index (κ1) is 19.8. The van der Waals surface area contributed by atoms with Crippen LogP contribution < -0.4 is 14.5 Å². The minimum atomic E-state index is -0.703. The van der Waals surface area contributed by atoms with Crippen molar-refractivity contribution in [2.24, 2.45) is 0 Å². The molecule has 0 N–H and O–H groups in total. The number of ether oxygens (including phenoxy) is 2. The third-order valence-electron chi connectivity index (χ3n) is 4.00. The molecule has 3 aromatic rings. The highest BCUT2D eigenvalue weighted by Gasteiger charge is 2.18. The number of anilines is 2. The van der Waals surface area contributed by atoms with Crippen LogP contribution in [0.15, 0.2) is 46.9 Å². The molecule has 1 aromatic heterocycles. The Labute approximate surface area is 170 Å². The van der Waals surface area contributed by atoms with E-state index in [-0.39, 0.29) is 5.95 Å². The maximum atomic E-state index is 12.2. The standard InChI is InChI=1S/C19H19BrN4O4/c1-4-27-18(25)12(2)28-15-8-6-14(7-9-15)23(3)19-21-16-10-5-13(20)11-17(16)24(26)22-19/h5-12H,4H2,1-3H3. The van der Waals surface area contributed by atoms with Crippen molar-refractivity contribution in [1.29, 1.82) is 0 Å². The summed E-state index contributed by atoms with van der Waals surface area (Å²) in [5.41, 5.74) is 1.68. The maximum absolute atomic E-state index is 12.2. The van der Waals surface area contributed by atoms with Crippen molar-refractivity contribution >= 4 is 44.6 Å². The van der Waals surface area contributed by atoms with Crippen LogP contribution in [0.2, 0.25) is 0 Å². The zero-order valence-electron chi connectivity index (χ0n) is 15.6. The van der Waals surface area contributed by atoms with Gasteiger partial charge in [-0.25, -0.2) is 9.78 Å². The molecule has 28 heavy (non-hydrogen) atoms. The summed E-state index contributed by atoms with van der Waals surface area (Å²) in [5, 5.41) is 16.2. The molecule has 2 aromatic carbocycles. The minimum Gasteiger partial charge on any atom is -0.594 e. The average Bonchev–Trinajstić information content (AvgIpc) is 2.68. The first-order valence-electron chi connectivity index (χ1n) is 8.63. The number of halogens is 1. The van der Waals surface area contributed by atoms with E-state index in [1.54, 1.807) is 62.2 Å². The number of hydrogen-bond acceptors (Lipinski definition) is 7.